The minimum atomic E-state index is -4.57. The summed E-state index contributed by atoms with van der Waals surface area (Å²) in [6.07, 6.45) is -4.57. The van der Waals surface area contributed by atoms with Gasteiger partial charge in [-0.3, -0.25) is 4.79 Å². The van der Waals surface area contributed by atoms with Gasteiger partial charge in [0.25, 0.3) is 5.91 Å². The smallest absolute Gasteiger partial charge is 0.349 e. The average Bonchev–Trinajstić information content (AvgIpc) is 2.14. The van der Waals surface area contributed by atoms with Gasteiger partial charge in [-0.1, -0.05) is 11.6 Å². The van der Waals surface area contributed by atoms with Gasteiger partial charge in [-0.15, -0.1) is 0 Å². The molecule has 1 heterocycles. The lowest BCUT2D eigenvalue weighted by atomic mass is 10.2. The van der Waals surface area contributed by atoms with Crippen molar-refractivity contribution >= 4 is 17.5 Å². The van der Waals surface area contributed by atoms with Gasteiger partial charge in [0.15, 0.2) is 0 Å². The fraction of sp³-hybridized carbons (Fsp3) is 0.400. The summed E-state index contributed by atoms with van der Waals surface area (Å²) in [5, 5.41) is 1.78. The molecule has 1 aromatic heterocycles. The molecule has 1 rings (SSSR count). The molecule has 7 heteroatoms. The maximum atomic E-state index is 12.4. The predicted molar refractivity (Wildman–Crippen MR) is 56.9 cm³/mol. The Morgan fingerprint density at radius 1 is 1.41 bits per heavy atom. The van der Waals surface area contributed by atoms with E-state index < -0.39 is 22.8 Å². The molecule has 0 unspecified atom stereocenters. The molecule has 3 nitrogen and oxygen atoms in total. The van der Waals surface area contributed by atoms with Crippen LogP contribution in [0.4, 0.5) is 13.2 Å². The van der Waals surface area contributed by atoms with Crippen LogP contribution in [0.25, 0.3) is 0 Å². The van der Waals surface area contributed by atoms with Crippen LogP contribution >= 0.6 is 11.6 Å². The van der Waals surface area contributed by atoms with E-state index in [1.165, 1.54) is 0 Å². The Morgan fingerprint density at radius 2 is 2.00 bits per heavy atom. The van der Waals surface area contributed by atoms with E-state index in [0.29, 0.717) is 0 Å². The molecule has 0 saturated carbocycles. The summed E-state index contributed by atoms with van der Waals surface area (Å²) in [6.45, 7) is 3.45. The number of carbonyl (C=O) groups excluding carboxylic acids is 1. The number of amides is 1. The fourth-order valence-electron chi connectivity index (χ4n) is 1.11. The monoisotopic (exact) mass is 266 g/mol. The highest BCUT2D eigenvalue weighted by molar-refractivity contribution is 6.30. The molecule has 17 heavy (non-hydrogen) atoms. The summed E-state index contributed by atoms with van der Waals surface area (Å²) in [6, 6.07) is 1.60. The van der Waals surface area contributed by atoms with Crippen molar-refractivity contribution in [1.29, 1.82) is 0 Å². The molecule has 0 spiro atoms. The van der Waals surface area contributed by atoms with Crippen molar-refractivity contribution in [1.82, 2.24) is 10.3 Å². The van der Waals surface area contributed by atoms with Gasteiger partial charge in [-0.2, -0.15) is 13.2 Å². The number of aromatic nitrogens is 1. The van der Waals surface area contributed by atoms with Crippen LogP contribution in [-0.2, 0) is 6.18 Å². The quantitative estimate of drug-likeness (QED) is 0.837. The molecule has 0 radical (unpaired) electrons. The third-order valence-electron chi connectivity index (χ3n) is 1.81. The Balaban J connectivity index is 3.01. The van der Waals surface area contributed by atoms with E-state index >= 15 is 0 Å². The first-order chi connectivity index (χ1) is 7.71. The SMILES string of the molecule is CC(C)NC(=O)c1ccc(C(F)(F)F)c(Cl)n1. The van der Waals surface area contributed by atoms with Gasteiger partial charge in [0.1, 0.15) is 10.8 Å². The Bertz CT molecular complexity index is 432. The lowest BCUT2D eigenvalue weighted by Crippen LogP contribution is -2.30. The fourth-order valence-corrected chi connectivity index (χ4v) is 1.37. The predicted octanol–water partition coefficient (Wildman–Crippen LogP) is 2.89. The van der Waals surface area contributed by atoms with Gasteiger partial charge >= 0.3 is 6.18 Å². The number of rotatable bonds is 2. The molecule has 0 aliphatic carbocycles. The molecule has 0 aromatic carbocycles. The van der Waals surface area contributed by atoms with Gasteiger partial charge in [0, 0.05) is 6.04 Å². The second kappa shape index (κ2) is 4.91. The van der Waals surface area contributed by atoms with Crippen molar-refractivity contribution in [2.75, 3.05) is 0 Å². The zero-order valence-electron chi connectivity index (χ0n) is 9.10. The molecule has 0 aliphatic heterocycles. The van der Waals surface area contributed by atoms with Crippen molar-refractivity contribution in [2.24, 2.45) is 0 Å². The zero-order chi connectivity index (χ0) is 13.2. The number of pyridine rings is 1. The first-order valence-electron chi connectivity index (χ1n) is 4.76. The van der Waals surface area contributed by atoms with E-state index in [-0.39, 0.29) is 11.7 Å². The Hall–Kier alpha value is -1.30. The summed E-state index contributed by atoms with van der Waals surface area (Å²) in [5.74, 6) is -0.560. The van der Waals surface area contributed by atoms with E-state index in [1.54, 1.807) is 13.8 Å². The highest BCUT2D eigenvalue weighted by Gasteiger charge is 2.34. The van der Waals surface area contributed by atoms with Crippen molar-refractivity contribution in [3.8, 4) is 0 Å². The van der Waals surface area contributed by atoms with E-state index in [4.69, 9.17) is 11.6 Å². The third-order valence-corrected chi connectivity index (χ3v) is 2.09. The number of alkyl halides is 3. The van der Waals surface area contributed by atoms with Crippen molar-refractivity contribution < 1.29 is 18.0 Å². The van der Waals surface area contributed by atoms with Gasteiger partial charge in [-0.05, 0) is 26.0 Å². The van der Waals surface area contributed by atoms with Crippen LogP contribution < -0.4 is 5.32 Å². The van der Waals surface area contributed by atoms with Crippen LogP contribution in [0, 0.1) is 0 Å². The van der Waals surface area contributed by atoms with Crippen LogP contribution in [-0.4, -0.2) is 16.9 Å². The second-order valence-corrected chi connectivity index (χ2v) is 4.02. The Labute approximate surface area is 101 Å². The summed E-state index contributed by atoms with van der Waals surface area (Å²) >= 11 is 5.38. The number of nitrogens with one attached hydrogen (secondary N) is 1. The van der Waals surface area contributed by atoms with Gasteiger partial charge in [-0.25, -0.2) is 4.98 Å². The first kappa shape index (κ1) is 13.8. The number of nitrogens with zero attached hydrogens (tertiary/aromatic N) is 1. The summed E-state index contributed by atoms with van der Waals surface area (Å²) in [5.41, 5.74) is -1.20. The van der Waals surface area contributed by atoms with Gasteiger partial charge in [0.2, 0.25) is 0 Å². The van der Waals surface area contributed by atoms with Crippen LogP contribution in [0.1, 0.15) is 29.9 Å². The molecule has 0 saturated heterocycles. The Morgan fingerprint density at radius 3 is 2.41 bits per heavy atom. The van der Waals surface area contributed by atoms with E-state index in [9.17, 15) is 18.0 Å². The number of halogens is 4. The lowest BCUT2D eigenvalue weighted by Gasteiger charge is -2.11. The van der Waals surface area contributed by atoms with Gasteiger partial charge in [0.05, 0.1) is 5.56 Å². The minimum Gasteiger partial charge on any atom is -0.349 e. The minimum absolute atomic E-state index is 0.134. The zero-order valence-corrected chi connectivity index (χ0v) is 9.86. The third kappa shape index (κ3) is 3.59. The topological polar surface area (TPSA) is 42.0 Å². The Kier molecular flexibility index (Phi) is 3.98. The number of hydrogen-bond acceptors (Lipinski definition) is 2. The number of carbonyl (C=O) groups is 1. The number of hydrogen-bond donors (Lipinski definition) is 1. The maximum absolute atomic E-state index is 12.4. The maximum Gasteiger partial charge on any atom is 0.419 e. The highest BCUT2D eigenvalue weighted by Crippen LogP contribution is 2.33. The van der Waals surface area contributed by atoms with Crippen molar-refractivity contribution in [2.45, 2.75) is 26.1 Å². The molecule has 0 fully saturated rings. The molecule has 1 N–H and O–H groups in total. The van der Waals surface area contributed by atoms with E-state index in [0.717, 1.165) is 12.1 Å². The van der Waals surface area contributed by atoms with Crippen molar-refractivity contribution in [3.05, 3.63) is 28.5 Å². The summed E-state index contributed by atoms with van der Waals surface area (Å²) in [4.78, 5) is 14.9. The van der Waals surface area contributed by atoms with Crippen molar-refractivity contribution in [3.63, 3.8) is 0 Å². The molecule has 94 valence electrons. The highest BCUT2D eigenvalue weighted by atomic mass is 35.5. The summed E-state index contributed by atoms with van der Waals surface area (Å²) < 4.78 is 37.1. The van der Waals surface area contributed by atoms with Crippen LogP contribution in [0.15, 0.2) is 12.1 Å². The van der Waals surface area contributed by atoms with E-state index in [2.05, 4.69) is 10.3 Å². The lowest BCUT2D eigenvalue weighted by molar-refractivity contribution is -0.137. The normalized spacial score (nSPS) is 11.7. The molecular weight excluding hydrogens is 257 g/mol. The standard InChI is InChI=1S/C10H10ClF3N2O/c1-5(2)15-9(17)7-4-3-6(8(11)16-7)10(12,13)14/h3-5H,1-2H3,(H,15,17). The van der Waals surface area contributed by atoms with Crippen LogP contribution in [0.3, 0.4) is 0 Å². The average molecular weight is 267 g/mol. The molecule has 0 atom stereocenters. The second-order valence-electron chi connectivity index (χ2n) is 3.66. The first-order valence-corrected chi connectivity index (χ1v) is 5.14. The van der Waals surface area contributed by atoms with Gasteiger partial charge < -0.3 is 5.32 Å². The largest absolute Gasteiger partial charge is 0.419 e. The molecule has 0 bridgehead atoms. The van der Waals surface area contributed by atoms with Crippen LogP contribution in [0.2, 0.25) is 5.15 Å². The van der Waals surface area contributed by atoms with Crippen LogP contribution in [0.5, 0.6) is 0 Å². The molecule has 1 amide bonds. The summed E-state index contributed by atoms with van der Waals surface area (Å²) in [7, 11) is 0. The van der Waals surface area contributed by atoms with E-state index in [1.807, 2.05) is 0 Å². The molecule has 1 aromatic rings. The molecular formula is C10H10ClF3N2O. The molecule has 0 aliphatic rings.